The smallest absolute Gasteiger partial charge is 0.165 e. The van der Waals surface area contributed by atoms with Crippen molar-refractivity contribution in [3.05, 3.63) is 59.4 Å². The molecule has 0 saturated carbocycles. The third kappa shape index (κ3) is 3.74. The molecule has 0 aliphatic rings. The summed E-state index contributed by atoms with van der Waals surface area (Å²) in [6.07, 6.45) is 2.23. The Labute approximate surface area is 116 Å². The molecule has 2 N–H and O–H groups in total. The van der Waals surface area contributed by atoms with Gasteiger partial charge in [-0.1, -0.05) is 12.1 Å². The molecule has 0 amide bonds. The van der Waals surface area contributed by atoms with Crippen LogP contribution in [0.3, 0.4) is 0 Å². The summed E-state index contributed by atoms with van der Waals surface area (Å²) in [4.78, 5) is 4.20. The number of pyridine rings is 1. The van der Waals surface area contributed by atoms with Crippen molar-refractivity contribution in [2.75, 3.05) is 0 Å². The van der Waals surface area contributed by atoms with E-state index in [0.29, 0.717) is 12.2 Å². The molecule has 0 fully saturated rings. The minimum absolute atomic E-state index is 0.0376. The quantitative estimate of drug-likeness (QED) is 0.915. The van der Waals surface area contributed by atoms with Crippen molar-refractivity contribution in [3.8, 4) is 5.75 Å². The highest BCUT2D eigenvalue weighted by atomic mass is 19.2. The van der Waals surface area contributed by atoms with Crippen molar-refractivity contribution >= 4 is 0 Å². The lowest BCUT2D eigenvalue weighted by Crippen LogP contribution is -2.18. The van der Waals surface area contributed by atoms with E-state index < -0.39 is 11.6 Å². The Morgan fingerprint density at radius 2 is 2.05 bits per heavy atom. The predicted molar refractivity (Wildman–Crippen MR) is 72.3 cm³/mol. The van der Waals surface area contributed by atoms with E-state index in [1.807, 2.05) is 6.92 Å². The van der Waals surface area contributed by atoms with Crippen molar-refractivity contribution in [2.45, 2.75) is 26.0 Å². The molecule has 106 valence electrons. The number of halogens is 2. The standard InChI is InChI=1S/C15H16F2N2O/c1-10(18)7-12-5-6-13(8-19-12)20-9-11-3-2-4-14(16)15(11)17/h2-6,8,10H,7,9,18H2,1H3. The average Bonchev–Trinajstić information content (AvgIpc) is 2.41. The van der Waals surface area contributed by atoms with Crippen LogP contribution in [0.4, 0.5) is 8.78 Å². The van der Waals surface area contributed by atoms with Crippen molar-refractivity contribution < 1.29 is 13.5 Å². The highest BCUT2D eigenvalue weighted by Crippen LogP contribution is 2.16. The van der Waals surface area contributed by atoms with Crippen LogP contribution in [0.2, 0.25) is 0 Å². The molecule has 1 atom stereocenters. The van der Waals surface area contributed by atoms with Crippen LogP contribution < -0.4 is 10.5 Å². The van der Waals surface area contributed by atoms with Gasteiger partial charge in [-0.3, -0.25) is 4.98 Å². The van der Waals surface area contributed by atoms with E-state index in [4.69, 9.17) is 10.5 Å². The predicted octanol–water partition coefficient (Wildman–Crippen LogP) is 2.83. The Kier molecular flexibility index (Phi) is 4.63. The third-order valence-electron chi connectivity index (χ3n) is 2.75. The molecule has 0 saturated heterocycles. The van der Waals surface area contributed by atoms with Crippen LogP contribution in [-0.2, 0) is 13.0 Å². The summed E-state index contributed by atoms with van der Waals surface area (Å²) in [7, 11) is 0. The fourth-order valence-corrected chi connectivity index (χ4v) is 1.77. The Hall–Kier alpha value is -2.01. The first kappa shape index (κ1) is 14.4. The van der Waals surface area contributed by atoms with E-state index >= 15 is 0 Å². The van der Waals surface area contributed by atoms with Gasteiger partial charge in [-0.25, -0.2) is 8.78 Å². The molecule has 0 radical (unpaired) electrons. The second-order valence-corrected chi connectivity index (χ2v) is 4.67. The van der Waals surface area contributed by atoms with Gasteiger partial charge in [0.15, 0.2) is 11.6 Å². The Bertz CT molecular complexity index is 571. The van der Waals surface area contributed by atoms with Crippen molar-refractivity contribution in [1.82, 2.24) is 4.98 Å². The molecule has 1 heterocycles. The molecule has 0 bridgehead atoms. The molecular formula is C15H16F2N2O. The minimum atomic E-state index is -0.881. The van der Waals surface area contributed by atoms with Gasteiger partial charge >= 0.3 is 0 Å². The van der Waals surface area contributed by atoms with E-state index in [1.165, 1.54) is 12.1 Å². The zero-order chi connectivity index (χ0) is 14.5. The third-order valence-corrected chi connectivity index (χ3v) is 2.75. The van der Waals surface area contributed by atoms with Gasteiger partial charge in [0.1, 0.15) is 12.4 Å². The maximum atomic E-state index is 13.4. The fourth-order valence-electron chi connectivity index (χ4n) is 1.77. The monoisotopic (exact) mass is 278 g/mol. The number of nitrogens with two attached hydrogens (primary N) is 1. The zero-order valence-corrected chi connectivity index (χ0v) is 11.1. The van der Waals surface area contributed by atoms with Crippen molar-refractivity contribution in [1.29, 1.82) is 0 Å². The number of rotatable bonds is 5. The van der Waals surface area contributed by atoms with E-state index in [1.54, 1.807) is 18.3 Å². The summed E-state index contributed by atoms with van der Waals surface area (Å²) in [5.41, 5.74) is 6.72. The summed E-state index contributed by atoms with van der Waals surface area (Å²) in [5.74, 6) is -1.26. The molecular weight excluding hydrogens is 262 g/mol. The summed E-state index contributed by atoms with van der Waals surface area (Å²) in [6, 6.07) is 7.58. The zero-order valence-electron chi connectivity index (χ0n) is 11.1. The molecule has 0 aliphatic carbocycles. The van der Waals surface area contributed by atoms with E-state index in [0.717, 1.165) is 11.8 Å². The van der Waals surface area contributed by atoms with Crippen LogP contribution in [0.15, 0.2) is 36.5 Å². The number of aromatic nitrogens is 1. The second-order valence-electron chi connectivity index (χ2n) is 4.67. The number of hydrogen-bond donors (Lipinski definition) is 1. The van der Waals surface area contributed by atoms with Crippen LogP contribution in [0.5, 0.6) is 5.75 Å². The molecule has 5 heteroatoms. The molecule has 2 rings (SSSR count). The maximum absolute atomic E-state index is 13.4. The first-order chi connectivity index (χ1) is 9.56. The molecule has 1 unspecified atom stereocenters. The van der Waals surface area contributed by atoms with Gasteiger partial charge in [-0.2, -0.15) is 0 Å². The highest BCUT2D eigenvalue weighted by molar-refractivity contribution is 5.22. The minimum Gasteiger partial charge on any atom is -0.487 e. The molecule has 0 aliphatic heterocycles. The van der Waals surface area contributed by atoms with Gasteiger partial charge in [0, 0.05) is 23.7 Å². The van der Waals surface area contributed by atoms with Gasteiger partial charge in [0.05, 0.1) is 6.20 Å². The van der Waals surface area contributed by atoms with E-state index in [2.05, 4.69) is 4.98 Å². The maximum Gasteiger partial charge on any atom is 0.165 e. The van der Waals surface area contributed by atoms with Crippen LogP contribution in [0.25, 0.3) is 0 Å². The summed E-state index contributed by atoms with van der Waals surface area (Å²) in [5, 5.41) is 0. The molecule has 1 aromatic carbocycles. The highest BCUT2D eigenvalue weighted by Gasteiger charge is 2.08. The largest absolute Gasteiger partial charge is 0.487 e. The first-order valence-electron chi connectivity index (χ1n) is 6.32. The van der Waals surface area contributed by atoms with Crippen LogP contribution >= 0.6 is 0 Å². The van der Waals surface area contributed by atoms with Gasteiger partial charge in [-0.05, 0) is 25.1 Å². The number of hydrogen-bond acceptors (Lipinski definition) is 3. The first-order valence-corrected chi connectivity index (χ1v) is 6.32. The van der Waals surface area contributed by atoms with E-state index in [-0.39, 0.29) is 18.2 Å². The molecule has 2 aromatic rings. The Balaban J connectivity index is 1.99. The lowest BCUT2D eigenvalue weighted by atomic mass is 10.2. The van der Waals surface area contributed by atoms with Gasteiger partial charge in [0.2, 0.25) is 0 Å². The number of benzene rings is 1. The Morgan fingerprint density at radius 1 is 1.25 bits per heavy atom. The van der Waals surface area contributed by atoms with Crippen LogP contribution in [0.1, 0.15) is 18.2 Å². The second kappa shape index (κ2) is 6.43. The summed E-state index contributed by atoms with van der Waals surface area (Å²) >= 11 is 0. The molecule has 3 nitrogen and oxygen atoms in total. The van der Waals surface area contributed by atoms with Crippen LogP contribution in [0, 0.1) is 11.6 Å². The number of ether oxygens (including phenoxy) is 1. The van der Waals surface area contributed by atoms with Crippen LogP contribution in [-0.4, -0.2) is 11.0 Å². The van der Waals surface area contributed by atoms with Gasteiger partial charge < -0.3 is 10.5 Å². The Morgan fingerprint density at radius 3 is 2.70 bits per heavy atom. The number of nitrogens with zero attached hydrogens (tertiary/aromatic N) is 1. The van der Waals surface area contributed by atoms with Crippen molar-refractivity contribution in [2.24, 2.45) is 5.73 Å². The lowest BCUT2D eigenvalue weighted by Gasteiger charge is -2.08. The lowest BCUT2D eigenvalue weighted by molar-refractivity contribution is 0.296. The average molecular weight is 278 g/mol. The summed E-state index contributed by atoms with van der Waals surface area (Å²) < 4.78 is 31.8. The topological polar surface area (TPSA) is 48.1 Å². The SMILES string of the molecule is CC(N)Cc1ccc(OCc2cccc(F)c2F)cn1. The van der Waals surface area contributed by atoms with Crippen molar-refractivity contribution in [3.63, 3.8) is 0 Å². The molecule has 0 spiro atoms. The molecule has 20 heavy (non-hydrogen) atoms. The van der Waals surface area contributed by atoms with Gasteiger partial charge in [0.25, 0.3) is 0 Å². The van der Waals surface area contributed by atoms with Gasteiger partial charge in [-0.15, -0.1) is 0 Å². The summed E-state index contributed by atoms with van der Waals surface area (Å²) in [6.45, 7) is 1.86. The normalized spacial score (nSPS) is 12.2. The fraction of sp³-hybridized carbons (Fsp3) is 0.267. The molecule has 1 aromatic heterocycles. The van der Waals surface area contributed by atoms with E-state index in [9.17, 15) is 8.78 Å².